The Balaban J connectivity index is 1.90. The molecule has 2 aromatic rings. The average Bonchev–Trinajstić information content (AvgIpc) is 2.82. The minimum atomic E-state index is -0.908. The molecule has 1 aromatic carbocycles. The summed E-state index contributed by atoms with van der Waals surface area (Å²) in [5.74, 6) is -0.908. The summed E-state index contributed by atoms with van der Waals surface area (Å²) < 4.78 is 5.15. The maximum Gasteiger partial charge on any atom is 0.335 e. The Bertz CT molecular complexity index is 645. The van der Waals surface area contributed by atoms with Crippen molar-refractivity contribution in [2.45, 2.75) is 6.54 Å². The predicted octanol–water partition coefficient (Wildman–Crippen LogP) is 2.17. The van der Waals surface area contributed by atoms with Crippen molar-refractivity contribution in [2.24, 2.45) is 0 Å². The lowest BCUT2D eigenvalue weighted by atomic mass is 10.1. The number of fused-ring (bicyclic) bond motifs is 1. The van der Waals surface area contributed by atoms with Gasteiger partial charge in [0.1, 0.15) is 6.61 Å². The van der Waals surface area contributed by atoms with Crippen molar-refractivity contribution in [3.63, 3.8) is 0 Å². The summed E-state index contributed by atoms with van der Waals surface area (Å²) in [5, 5.41) is 10.0. The second-order valence-corrected chi connectivity index (χ2v) is 4.51. The first-order valence-electron chi connectivity index (χ1n) is 6.10. The van der Waals surface area contributed by atoms with E-state index in [0.29, 0.717) is 12.2 Å². The molecule has 0 spiro atoms. The van der Waals surface area contributed by atoms with Gasteiger partial charge in [0.05, 0.1) is 18.4 Å². The summed E-state index contributed by atoms with van der Waals surface area (Å²) in [5.41, 5.74) is 2.30. The summed E-state index contributed by atoms with van der Waals surface area (Å²) in [6.07, 6.45) is 5.55. The Kier molecular flexibility index (Phi) is 2.87. The number of aromatic amines is 1. The van der Waals surface area contributed by atoms with E-state index in [-0.39, 0.29) is 0 Å². The van der Waals surface area contributed by atoms with E-state index in [1.165, 1.54) is 0 Å². The van der Waals surface area contributed by atoms with Gasteiger partial charge >= 0.3 is 5.97 Å². The molecule has 0 saturated heterocycles. The van der Waals surface area contributed by atoms with E-state index in [1.54, 1.807) is 18.4 Å². The molecule has 0 aliphatic carbocycles. The summed E-state index contributed by atoms with van der Waals surface area (Å²) in [7, 11) is 0. The van der Waals surface area contributed by atoms with Gasteiger partial charge < -0.3 is 19.7 Å². The van der Waals surface area contributed by atoms with Crippen molar-refractivity contribution in [1.29, 1.82) is 0 Å². The van der Waals surface area contributed by atoms with E-state index in [0.717, 1.165) is 29.6 Å². The number of nitrogens with zero attached hydrogens (tertiary/aromatic N) is 1. The van der Waals surface area contributed by atoms with E-state index in [4.69, 9.17) is 9.84 Å². The monoisotopic (exact) mass is 258 g/mol. The number of ether oxygens (including phenoxy) is 1. The molecule has 2 N–H and O–H groups in total. The van der Waals surface area contributed by atoms with Crippen molar-refractivity contribution in [3.05, 3.63) is 48.0 Å². The highest BCUT2D eigenvalue weighted by Gasteiger charge is 2.11. The van der Waals surface area contributed by atoms with Crippen LogP contribution in [-0.4, -0.2) is 34.1 Å². The van der Waals surface area contributed by atoms with Crippen LogP contribution in [0.25, 0.3) is 10.9 Å². The van der Waals surface area contributed by atoms with Gasteiger partial charge in [0.2, 0.25) is 0 Å². The molecule has 0 radical (unpaired) electrons. The fraction of sp³-hybridized carbons (Fsp3) is 0.214. The van der Waals surface area contributed by atoms with Crippen LogP contribution >= 0.6 is 0 Å². The maximum absolute atomic E-state index is 10.9. The molecule has 3 rings (SSSR count). The minimum Gasteiger partial charge on any atom is -0.498 e. The number of H-pyrrole nitrogens is 1. The van der Waals surface area contributed by atoms with Crippen LogP contribution in [0.4, 0.5) is 0 Å². The molecule has 1 aliphatic rings. The Hall–Kier alpha value is -2.43. The fourth-order valence-corrected chi connectivity index (χ4v) is 2.24. The van der Waals surface area contributed by atoms with Crippen LogP contribution in [0.3, 0.4) is 0 Å². The number of carboxylic acids is 1. The number of carboxylic acid groups (broad SMARTS) is 1. The molecule has 0 atom stereocenters. The number of hydrogen-bond acceptors (Lipinski definition) is 3. The second-order valence-electron chi connectivity index (χ2n) is 4.51. The first kappa shape index (κ1) is 11.6. The predicted molar refractivity (Wildman–Crippen MR) is 70.8 cm³/mol. The lowest BCUT2D eigenvalue weighted by Gasteiger charge is -2.23. The van der Waals surface area contributed by atoms with Gasteiger partial charge in [-0.1, -0.05) is 6.07 Å². The number of hydrogen-bond donors (Lipinski definition) is 2. The van der Waals surface area contributed by atoms with Crippen LogP contribution in [0.1, 0.15) is 15.9 Å². The summed E-state index contributed by atoms with van der Waals surface area (Å²) in [6.45, 7) is 2.34. The first-order valence-corrected chi connectivity index (χ1v) is 6.10. The van der Waals surface area contributed by atoms with Crippen molar-refractivity contribution in [2.75, 3.05) is 13.2 Å². The smallest absolute Gasteiger partial charge is 0.335 e. The second kappa shape index (κ2) is 4.68. The van der Waals surface area contributed by atoms with Gasteiger partial charge in [0.25, 0.3) is 0 Å². The molecule has 5 heteroatoms. The molecule has 0 fully saturated rings. The van der Waals surface area contributed by atoms with Crippen LogP contribution < -0.4 is 0 Å². The zero-order chi connectivity index (χ0) is 13.2. The van der Waals surface area contributed by atoms with E-state index in [9.17, 15) is 4.79 Å². The molecular weight excluding hydrogens is 244 g/mol. The molecule has 0 bridgehead atoms. The number of aromatic nitrogens is 1. The Morgan fingerprint density at radius 3 is 3.11 bits per heavy atom. The van der Waals surface area contributed by atoms with Crippen LogP contribution in [-0.2, 0) is 11.3 Å². The topological polar surface area (TPSA) is 65.6 Å². The number of benzene rings is 1. The largest absolute Gasteiger partial charge is 0.498 e. The van der Waals surface area contributed by atoms with Crippen molar-refractivity contribution in [3.8, 4) is 0 Å². The number of carbonyl (C=O) groups is 1. The van der Waals surface area contributed by atoms with Crippen LogP contribution in [0.5, 0.6) is 0 Å². The normalized spacial score (nSPS) is 14.6. The van der Waals surface area contributed by atoms with Crippen molar-refractivity contribution in [1.82, 2.24) is 9.88 Å². The van der Waals surface area contributed by atoms with Gasteiger partial charge in [-0.05, 0) is 17.7 Å². The average molecular weight is 258 g/mol. The molecule has 0 amide bonds. The molecule has 1 aliphatic heterocycles. The molecule has 98 valence electrons. The number of rotatable bonds is 3. The third kappa shape index (κ3) is 2.27. The maximum atomic E-state index is 10.9. The van der Waals surface area contributed by atoms with E-state index < -0.39 is 5.97 Å². The van der Waals surface area contributed by atoms with Crippen LogP contribution in [0, 0.1) is 0 Å². The zero-order valence-corrected chi connectivity index (χ0v) is 10.3. The molecule has 2 heterocycles. The summed E-state index contributed by atoms with van der Waals surface area (Å²) in [6, 6.07) is 5.16. The molecule has 5 nitrogen and oxygen atoms in total. The molecule has 0 saturated carbocycles. The summed E-state index contributed by atoms with van der Waals surface area (Å²) in [4.78, 5) is 16.2. The molecule has 0 unspecified atom stereocenters. The highest BCUT2D eigenvalue weighted by molar-refractivity contribution is 5.94. The van der Waals surface area contributed by atoms with Crippen LogP contribution in [0.2, 0.25) is 0 Å². The third-order valence-corrected chi connectivity index (χ3v) is 3.25. The van der Waals surface area contributed by atoms with Gasteiger partial charge in [-0.3, -0.25) is 0 Å². The van der Waals surface area contributed by atoms with Crippen LogP contribution in [0.15, 0.2) is 36.9 Å². The Labute approximate surface area is 110 Å². The molecule has 19 heavy (non-hydrogen) atoms. The standard InChI is InChI=1S/C14H14N2O3/c17-14(18)10-1-2-12-11(8-15-13(12)7-10)9-16-3-5-19-6-4-16/h1-3,5,7-8,15H,4,6,9H2,(H,17,18). The Morgan fingerprint density at radius 2 is 2.37 bits per heavy atom. The minimum absolute atomic E-state index is 0.298. The molecular formula is C14H14N2O3. The Morgan fingerprint density at radius 1 is 1.47 bits per heavy atom. The van der Waals surface area contributed by atoms with E-state index >= 15 is 0 Å². The van der Waals surface area contributed by atoms with Gasteiger partial charge in [0, 0.05) is 29.8 Å². The highest BCUT2D eigenvalue weighted by atomic mass is 16.5. The quantitative estimate of drug-likeness (QED) is 0.885. The first-order chi connectivity index (χ1) is 9.24. The number of nitrogens with one attached hydrogen (secondary N) is 1. The van der Waals surface area contributed by atoms with E-state index in [1.807, 2.05) is 18.5 Å². The van der Waals surface area contributed by atoms with Gasteiger partial charge in [0.15, 0.2) is 0 Å². The van der Waals surface area contributed by atoms with Gasteiger partial charge in [-0.25, -0.2) is 4.79 Å². The molecule has 1 aromatic heterocycles. The van der Waals surface area contributed by atoms with Gasteiger partial charge in [-0.2, -0.15) is 0 Å². The number of aromatic carboxylic acids is 1. The van der Waals surface area contributed by atoms with E-state index in [2.05, 4.69) is 9.88 Å². The highest BCUT2D eigenvalue weighted by Crippen LogP contribution is 2.21. The van der Waals surface area contributed by atoms with Crippen molar-refractivity contribution < 1.29 is 14.6 Å². The summed E-state index contributed by atoms with van der Waals surface area (Å²) >= 11 is 0. The SMILES string of the molecule is O=C(O)c1ccc2c(CN3C=COCC3)c[nH]c2c1. The third-order valence-electron chi connectivity index (χ3n) is 3.25. The van der Waals surface area contributed by atoms with Crippen molar-refractivity contribution >= 4 is 16.9 Å². The van der Waals surface area contributed by atoms with Gasteiger partial charge in [-0.15, -0.1) is 0 Å². The zero-order valence-electron chi connectivity index (χ0n) is 10.3. The lowest BCUT2D eigenvalue weighted by Crippen LogP contribution is -2.24. The lowest BCUT2D eigenvalue weighted by molar-refractivity contribution is 0.0697. The fourth-order valence-electron chi connectivity index (χ4n) is 2.24.